The molecule has 0 amide bonds. The molecule has 20 heavy (non-hydrogen) atoms. The molecular formula is C14H14N2O3S. The van der Waals surface area contributed by atoms with Crippen LogP contribution in [-0.2, 0) is 11.2 Å². The topological polar surface area (TPSA) is 78.0 Å². The highest BCUT2D eigenvalue weighted by Gasteiger charge is 2.08. The van der Waals surface area contributed by atoms with Crippen LogP contribution in [0.25, 0.3) is 12.2 Å². The Morgan fingerprint density at radius 3 is 2.70 bits per heavy atom. The highest BCUT2D eigenvalue weighted by Crippen LogP contribution is 2.24. The van der Waals surface area contributed by atoms with Gasteiger partial charge in [0.2, 0.25) is 0 Å². The van der Waals surface area contributed by atoms with Gasteiger partial charge in [-0.3, -0.25) is 4.79 Å². The molecule has 0 bridgehead atoms. The average molecular weight is 290 g/mol. The minimum absolute atomic E-state index is 0.241. The lowest BCUT2D eigenvalue weighted by Crippen LogP contribution is -2.05. The van der Waals surface area contributed by atoms with Crippen molar-refractivity contribution in [1.82, 2.24) is 10.2 Å². The van der Waals surface area contributed by atoms with E-state index in [9.17, 15) is 9.35 Å². The van der Waals surface area contributed by atoms with Crippen LogP contribution in [0.5, 0.6) is 5.75 Å². The van der Waals surface area contributed by atoms with E-state index in [-0.39, 0.29) is 5.56 Å². The monoisotopic (exact) mass is 290 g/mol. The summed E-state index contributed by atoms with van der Waals surface area (Å²) in [5.74, 6) is 0.637. The van der Waals surface area contributed by atoms with Gasteiger partial charge in [-0.05, 0) is 41.5 Å². The molecule has 0 spiro atoms. The molecule has 5 nitrogen and oxygen atoms in total. The summed E-state index contributed by atoms with van der Waals surface area (Å²) in [7, 11) is 1.56. The summed E-state index contributed by atoms with van der Waals surface area (Å²) < 4.78 is 16.7. The first-order valence-electron chi connectivity index (χ1n) is 5.85. The zero-order chi connectivity index (χ0) is 14.5. The Bertz CT molecular complexity index is 660. The highest BCUT2D eigenvalue weighted by atomic mass is 32.2. The number of nitrogens with zero attached hydrogens (tertiary/aromatic N) is 1. The second-order valence-corrected chi connectivity index (χ2v) is 5.42. The quantitative estimate of drug-likeness (QED) is 0.869. The van der Waals surface area contributed by atoms with E-state index in [1.54, 1.807) is 37.6 Å². The van der Waals surface area contributed by atoms with E-state index < -0.39 is 11.2 Å². The van der Waals surface area contributed by atoms with Crippen LogP contribution in [0, 0.1) is 0 Å². The Morgan fingerprint density at radius 1 is 1.30 bits per heavy atom. The Kier molecular flexibility index (Phi) is 4.60. The van der Waals surface area contributed by atoms with Gasteiger partial charge in [-0.25, -0.2) is 5.10 Å². The molecule has 0 radical (unpaired) electrons. The summed E-state index contributed by atoms with van der Waals surface area (Å²) >= 11 is -1.05. The number of H-pyrrole nitrogens is 1. The van der Waals surface area contributed by atoms with Crippen LogP contribution in [0.2, 0.25) is 0 Å². The molecule has 1 atom stereocenters. The molecule has 2 rings (SSSR count). The fourth-order valence-electron chi connectivity index (χ4n) is 1.63. The average Bonchev–Trinajstić information content (AvgIpc) is 2.46. The summed E-state index contributed by atoms with van der Waals surface area (Å²) in [5, 5.41) is 6.24. The molecule has 104 valence electrons. The number of benzene rings is 1. The standard InChI is InChI=1S/C14H14N2O3S/c1-19-13-9-12(20(2)18)7-4-10(13)3-5-11-6-8-14(17)16-15-11/h3-9H,1-2H3,(H,16,17)/b5-3+. The van der Waals surface area contributed by atoms with Gasteiger partial charge < -0.3 is 9.29 Å². The van der Waals surface area contributed by atoms with Gasteiger partial charge in [-0.2, -0.15) is 5.10 Å². The Labute approximate surface area is 119 Å². The van der Waals surface area contributed by atoms with Gasteiger partial charge in [0.15, 0.2) is 4.90 Å². The predicted molar refractivity (Wildman–Crippen MR) is 79.1 cm³/mol. The van der Waals surface area contributed by atoms with E-state index in [0.717, 1.165) is 5.56 Å². The summed E-state index contributed by atoms with van der Waals surface area (Å²) in [6.45, 7) is 0. The third-order valence-corrected chi connectivity index (χ3v) is 3.59. The zero-order valence-corrected chi connectivity index (χ0v) is 11.9. The van der Waals surface area contributed by atoms with Crippen molar-refractivity contribution in [2.45, 2.75) is 4.90 Å². The number of hydrogen-bond acceptors (Lipinski definition) is 4. The molecule has 0 aliphatic carbocycles. The van der Waals surface area contributed by atoms with Crippen LogP contribution >= 0.6 is 0 Å². The van der Waals surface area contributed by atoms with E-state index in [1.807, 2.05) is 12.1 Å². The summed E-state index contributed by atoms with van der Waals surface area (Å²) in [6.07, 6.45) is 5.20. The molecule has 2 aromatic rings. The Balaban J connectivity index is 2.28. The van der Waals surface area contributed by atoms with Gasteiger partial charge in [0.1, 0.15) is 12.0 Å². The van der Waals surface area contributed by atoms with Gasteiger partial charge in [0, 0.05) is 17.7 Å². The van der Waals surface area contributed by atoms with E-state index >= 15 is 0 Å². The fourth-order valence-corrected chi connectivity index (χ4v) is 2.16. The first-order chi connectivity index (χ1) is 9.60. The maximum absolute atomic E-state index is 11.4. The van der Waals surface area contributed by atoms with E-state index in [2.05, 4.69) is 10.2 Å². The van der Waals surface area contributed by atoms with Crippen molar-refractivity contribution < 1.29 is 9.29 Å². The molecule has 1 aromatic heterocycles. The Hall–Kier alpha value is -2.05. The van der Waals surface area contributed by atoms with Crippen LogP contribution in [0.1, 0.15) is 11.3 Å². The SMILES string of the molecule is COc1cc([S+](C)[O-])ccc1/C=C/c1ccc(=O)[nH]n1. The van der Waals surface area contributed by atoms with Crippen molar-refractivity contribution in [2.24, 2.45) is 0 Å². The van der Waals surface area contributed by atoms with Crippen molar-refractivity contribution in [3.63, 3.8) is 0 Å². The molecular weight excluding hydrogens is 276 g/mol. The van der Waals surface area contributed by atoms with Crippen molar-refractivity contribution in [3.8, 4) is 5.75 Å². The van der Waals surface area contributed by atoms with Crippen LogP contribution in [0.4, 0.5) is 0 Å². The molecule has 0 saturated heterocycles. The molecule has 1 aromatic carbocycles. The van der Waals surface area contributed by atoms with Crippen LogP contribution < -0.4 is 10.3 Å². The minimum Gasteiger partial charge on any atom is -0.612 e. The van der Waals surface area contributed by atoms with Crippen LogP contribution in [-0.4, -0.2) is 28.1 Å². The number of hydrogen-bond donors (Lipinski definition) is 1. The minimum atomic E-state index is -1.05. The molecule has 6 heteroatoms. The lowest BCUT2D eigenvalue weighted by molar-refractivity contribution is 0.412. The predicted octanol–water partition coefficient (Wildman–Crippen LogP) is 1.69. The molecule has 1 N–H and O–H groups in total. The molecule has 0 aliphatic rings. The molecule has 0 aliphatic heterocycles. The number of aromatic amines is 1. The van der Waals surface area contributed by atoms with E-state index in [4.69, 9.17) is 4.74 Å². The van der Waals surface area contributed by atoms with Gasteiger partial charge in [-0.1, -0.05) is 0 Å². The van der Waals surface area contributed by atoms with E-state index in [0.29, 0.717) is 16.3 Å². The van der Waals surface area contributed by atoms with Gasteiger partial charge in [0.25, 0.3) is 5.56 Å². The number of aromatic nitrogens is 2. The van der Waals surface area contributed by atoms with Crippen molar-refractivity contribution in [1.29, 1.82) is 0 Å². The van der Waals surface area contributed by atoms with Crippen molar-refractivity contribution >= 4 is 23.3 Å². The fraction of sp³-hybridized carbons (Fsp3) is 0.143. The maximum Gasteiger partial charge on any atom is 0.264 e. The van der Waals surface area contributed by atoms with E-state index in [1.165, 1.54) is 6.07 Å². The number of methoxy groups -OCH3 is 1. The third kappa shape index (κ3) is 3.49. The van der Waals surface area contributed by atoms with Gasteiger partial charge in [0.05, 0.1) is 12.8 Å². The van der Waals surface area contributed by atoms with Gasteiger partial charge in [-0.15, -0.1) is 0 Å². The maximum atomic E-state index is 11.4. The normalized spacial score (nSPS) is 12.6. The number of rotatable bonds is 4. The number of nitrogens with one attached hydrogen (secondary N) is 1. The smallest absolute Gasteiger partial charge is 0.264 e. The number of ether oxygens (including phenoxy) is 1. The largest absolute Gasteiger partial charge is 0.612 e. The second kappa shape index (κ2) is 6.40. The summed E-state index contributed by atoms with van der Waals surface area (Å²) in [4.78, 5) is 11.6. The summed E-state index contributed by atoms with van der Waals surface area (Å²) in [5.41, 5.74) is 1.24. The first-order valence-corrected chi connectivity index (χ1v) is 7.41. The lowest BCUT2D eigenvalue weighted by atomic mass is 10.1. The zero-order valence-electron chi connectivity index (χ0n) is 11.1. The van der Waals surface area contributed by atoms with Crippen LogP contribution in [0.15, 0.2) is 40.0 Å². The van der Waals surface area contributed by atoms with Crippen molar-refractivity contribution in [2.75, 3.05) is 13.4 Å². The Morgan fingerprint density at radius 2 is 2.10 bits per heavy atom. The summed E-state index contributed by atoms with van der Waals surface area (Å²) in [6, 6.07) is 8.40. The first kappa shape index (κ1) is 14.4. The van der Waals surface area contributed by atoms with Crippen molar-refractivity contribution in [3.05, 3.63) is 51.9 Å². The molecule has 0 fully saturated rings. The third-order valence-electron chi connectivity index (χ3n) is 2.67. The molecule has 1 unspecified atom stereocenters. The molecule has 0 saturated carbocycles. The lowest BCUT2D eigenvalue weighted by Gasteiger charge is -2.08. The van der Waals surface area contributed by atoms with Crippen LogP contribution in [0.3, 0.4) is 0 Å². The van der Waals surface area contributed by atoms with Gasteiger partial charge >= 0.3 is 0 Å². The second-order valence-electron chi connectivity index (χ2n) is 4.04. The highest BCUT2D eigenvalue weighted by molar-refractivity contribution is 7.90. The molecule has 1 heterocycles.